The van der Waals surface area contributed by atoms with Gasteiger partial charge in [-0.2, -0.15) is 0 Å². The van der Waals surface area contributed by atoms with Crippen LogP contribution in [0.4, 0.5) is 4.39 Å². The molecule has 4 rings (SSSR count). The number of methoxy groups -OCH3 is 1. The fourth-order valence-corrected chi connectivity index (χ4v) is 4.08. The standard InChI is InChI=1S/C24H29FN6O2/c1-16(2)22(27-24(32)19-6-4-5-10-26-19)23-29-28-21-9-11-30(12-13-31(21)23)15-17-7-8-18(25)20(14-17)33-3/h4-8,10,14,16,22H,9,11-13,15H2,1-3H3,(H,27,32). The van der Waals surface area contributed by atoms with Gasteiger partial charge in [0.05, 0.1) is 13.2 Å². The molecule has 0 saturated heterocycles. The molecule has 3 heterocycles. The number of ether oxygens (including phenoxy) is 1. The molecule has 0 bridgehead atoms. The summed E-state index contributed by atoms with van der Waals surface area (Å²) in [6, 6.07) is 9.96. The molecule has 0 aliphatic carbocycles. The van der Waals surface area contributed by atoms with E-state index < -0.39 is 0 Å². The van der Waals surface area contributed by atoms with Gasteiger partial charge in [0.25, 0.3) is 5.91 Å². The van der Waals surface area contributed by atoms with Crippen LogP contribution in [0.1, 0.15) is 47.6 Å². The van der Waals surface area contributed by atoms with Crippen molar-refractivity contribution in [2.45, 2.75) is 39.4 Å². The van der Waals surface area contributed by atoms with Crippen molar-refractivity contribution in [3.63, 3.8) is 0 Å². The van der Waals surface area contributed by atoms with E-state index in [1.54, 1.807) is 36.5 Å². The number of nitrogens with one attached hydrogen (secondary N) is 1. The van der Waals surface area contributed by atoms with Crippen LogP contribution in [0, 0.1) is 11.7 Å². The Morgan fingerprint density at radius 3 is 2.76 bits per heavy atom. The highest BCUT2D eigenvalue weighted by molar-refractivity contribution is 5.92. The minimum absolute atomic E-state index is 0.122. The summed E-state index contributed by atoms with van der Waals surface area (Å²) in [5, 5.41) is 12.0. The van der Waals surface area contributed by atoms with Crippen LogP contribution in [0.25, 0.3) is 0 Å². The van der Waals surface area contributed by atoms with E-state index in [-0.39, 0.29) is 29.4 Å². The Morgan fingerprint density at radius 1 is 1.18 bits per heavy atom. The molecule has 1 unspecified atom stereocenters. The fraction of sp³-hybridized carbons (Fsp3) is 0.417. The molecule has 1 aliphatic heterocycles. The zero-order valence-corrected chi connectivity index (χ0v) is 19.2. The Bertz CT molecular complexity index is 1100. The van der Waals surface area contributed by atoms with Crippen LogP contribution in [-0.2, 0) is 19.5 Å². The highest BCUT2D eigenvalue weighted by Gasteiger charge is 2.28. The summed E-state index contributed by atoms with van der Waals surface area (Å²) >= 11 is 0. The molecule has 8 nitrogen and oxygen atoms in total. The van der Waals surface area contributed by atoms with Crippen LogP contribution >= 0.6 is 0 Å². The number of hydrogen-bond acceptors (Lipinski definition) is 6. The molecule has 2 aromatic heterocycles. The number of halogens is 1. The van der Waals surface area contributed by atoms with E-state index in [2.05, 4.69) is 43.8 Å². The summed E-state index contributed by atoms with van der Waals surface area (Å²) in [5.74, 6) is 1.45. The minimum Gasteiger partial charge on any atom is -0.494 e. The van der Waals surface area contributed by atoms with E-state index in [0.29, 0.717) is 18.8 Å². The Kier molecular flexibility index (Phi) is 6.98. The largest absolute Gasteiger partial charge is 0.494 e. The molecule has 1 atom stereocenters. The zero-order chi connectivity index (χ0) is 23.4. The molecule has 0 fully saturated rings. The number of amides is 1. The first-order valence-corrected chi connectivity index (χ1v) is 11.1. The molecule has 1 amide bonds. The van der Waals surface area contributed by atoms with Crippen LogP contribution < -0.4 is 10.1 Å². The van der Waals surface area contributed by atoms with Crippen molar-refractivity contribution in [1.82, 2.24) is 30.0 Å². The van der Waals surface area contributed by atoms with Gasteiger partial charge < -0.3 is 14.6 Å². The highest BCUT2D eigenvalue weighted by atomic mass is 19.1. The number of carbonyl (C=O) groups excluding carboxylic acids is 1. The Hall–Kier alpha value is -3.33. The van der Waals surface area contributed by atoms with Crippen molar-refractivity contribution in [2.75, 3.05) is 20.2 Å². The number of rotatable bonds is 7. The maximum absolute atomic E-state index is 13.7. The van der Waals surface area contributed by atoms with Crippen LogP contribution in [0.5, 0.6) is 5.75 Å². The molecule has 0 radical (unpaired) electrons. The SMILES string of the molecule is COc1cc(CN2CCc3nnc(C(NC(=O)c4ccccn4)C(C)C)n3CC2)ccc1F. The summed E-state index contributed by atoms with van der Waals surface area (Å²) in [7, 11) is 1.47. The first kappa shape index (κ1) is 22.8. The van der Waals surface area contributed by atoms with Crippen molar-refractivity contribution in [1.29, 1.82) is 0 Å². The predicted octanol–water partition coefficient (Wildman–Crippen LogP) is 3.01. The van der Waals surface area contributed by atoms with Crippen LogP contribution in [0.2, 0.25) is 0 Å². The number of hydrogen-bond donors (Lipinski definition) is 1. The first-order valence-electron chi connectivity index (χ1n) is 11.1. The van der Waals surface area contributed by atoms with E-state index in [1.807, 2.05) is 0 Å². The third kappa shape index (κ3) is 5.19. The van der Waals surface area contributed by atoms with Gasteiger partial charge in [-0.15, -0.1) is 10.2 Å². The van der Waals surface area contributed by atoms with Crippen LogP contribution in [0.15, 0.2) is 42.6 Å². The molecule has 1 aliphatic rings. The van der Waals surface area contributed by atoms with Gasteiger partial charge >= 0.3 is 0 Å². The number of pyridine rings is 1. The maximum Gasteiger partial charge on any atom is 0.270 e. The zero-order valence-electron chi connectivity index (χ0n) is 19.2. The number of carbonyl (C=O) groups is 1. The lowest BCUT2D eigenvalue weighted by atomic mass is 10.0. The lowest BCUT2D eigenvalue weighted by Gasteiger charge is -2.23. The van der Waals surface area contributed by atoms with E-state index in [1.165, 1.54) is 13.2 Å². The van der Waals surface area contributed by atoms with Crippen molar-refractivity contribution in [2.24, 2.45) is 5.92 Å². The van der Waals surface area contributed by atoms with E-state index >= 15 is 0 Å². The molecule has 0 spiro atoms. The molecular formula is C24H29FN6O2. The van der Waals surface area contributed by atoms with Gasteiger partial charge in [-0.05, 0) is 35.7 Å². The Balaban J connectivity index is 1.48. The topological polar surface area (TPSA) is 85.2 Å². The molecule has 0 saturated carbocycles. The lowest BCUT2D eigenvalue weighted by molar-refractivity contribution is 0.0916. The second-order valence-corrected chi connectivity index (χ2v) is 8.53. The van der Waals surface area contributed by atoms with Crippen molar-refractivity contribution >= 4 is 5.91 Å². The third-order valence-corrected chi connectivity index (χ3v) is 5.90. The van der Waals surface area contributed by atoms with Crippen molar-refractivity contribution < 1.29 is 13.9 Å². The second-order valence-electron chi connectivity index (χ2n) is 8.53. The fourth-order valence-electron chi connectivity index (χ4n) is 4.08. The molecule has 9 heteroatoms. The monoisotopic (exact) mass is 452 g/mol. The van der Waals surface area contributed by atoms with Gasteiger partial charge in [0.2, 0.25) is 0 Å². The second kappa shape index (κ2) is 10.1. The number of nitrogens with zero attached hydrogens (tertiary/aromatic N) is 5. The van der Waals surface area contributed by atoms with E-state index in [4.69, 9.17) is 4.74 Å². The molecular weight excluding hydrogens is 423 g/mol. The van der Waals surface area contributed by atoms with Gasteiger partial charge in [-0.25, -0.2) is 4.39 Å². The van der Waals surface area contributed by atoms with Crippen molar-refractivity contribution in [3.05, 3.63) is 71.3 Å². The van der Waals surface area contributed by atoms with Gasteiger partial charge in [0, 0.05) is 38.8 Å². The lowest BCUT2D eigenvalue weighted by Crippen LogP contribution is -2.34. The van der Waals surface area contributed by atoms with Gasteiger partial charge in [-0.1, -0.05) is 26.0 Å². The predicted molar refractivity (Wildman–Crippen MR) is 121 cm³/mol. The van der Waals surface area contributed by atoms with E-state index in [9.17, 15) is 9.18 Å². The van der Waals surface area contributed by atoms with Crippen LogP contribution in [0.3, 0.4) is 0 Å². The van der Waals surface area contributed by atoms with Gasteiger partial charge in [-0.3, -0.25) is 14.7 Å². The molecule has 33 heavy (non-hydrogen) atoms. The summed E-state index contributed by atoms with van der Waals surface area (Å²) < 4.78 is 21.0. The average molecular weight is 453 g/mol. The number of aromatic nitrogens is 4. The smallest absolute Gasteiger partial charge is 0.270 e. The highest BCUT2D eigenvalue weighted by Crippen LogP contribution is 2.24. The summed E-state index contributed by atoms with van der Waals surface area (Å²) in [6.45, 7) is 7.10. The number of benzene rings is 1. The quantitative estimate of drug-likeness (QED) is 0.593. The van der Waals surface area contributed by atoms with E-state index in [0.717, 1.165) is 36.7 Å². The van der Waals surface area contributed by atoms with Crippen LogP contribution in [-0.4, -0.2) is 50.8 Å². The van der Waals surface area contributed by atoms with Gasteiger partial charge in [0.15, 0.2) is 17.4 Å². The maximum atomic E-state index is 13.7. The van der Waals surface area contributed by atoms with Gasteiger partial charge in [0.1, 0.15) is 11.5 Å². The minimum atomic E-state index is -0.361. The summed E-state index contributed by atoms with van der Waals surface area (Å²) in [4.78, 5) is 19.2. The first-order chi connectivity index (χ1) is 16.0. The molecule has 174 valence electrons. The Labute approximate surface area is 192 Å². The number of fused-ring (bicyclic) bond motifs is 1. The summed E-state index contributed by atoms with van der Waals surface area (Å²) in [6.07, 6.45) is 2.35. The summed E-state index contributed by atoms with van der Waals surface area (Å²) in [5.41, 5.74) is 1.37. The normalized spacial score (nSPS) is 15.1. The average Bonchev–Trinajstić information content (AvgIpc) is 3.12. The Morgan fingerprint density at radius 2 is 2.03 bits per heavy atom. The third-order valence-electron chi connectivity index (χ3n) is 5.90. The van der Waals surface area contributed by atoms with Crippen molar-refractivity contribution in [3.8, 4) is 5.75 Å². The molecule has 3 aromatic rings. The molecule has 1 N–H and O–H groups in total. The molecule has 1 aromatic carbocycles.